The van der Waals surface area contributed by atoms with E-state index in [4.69, 9.17) is 0 Å². The van der Waals surface area contributed by atoms with Gasteiger partial charge >= 0.3 is 5.97 Å². The summed E-state index contributed by atoms with van der Waals surface area (Å²) in [7, 11) is 0. The van der Waals surface area contributed by atoms with Gasteiger partial charge in [0.05, 0.1) is 5.56 Å². The molecular weight excluding hydrogens is 500 g/mol. The fourth-order valence-corrected chi connectivity index (χ4v) is 6.53. The molecule has 226 valence electrons. The van der Waals surface area contributed by atoms with Crippen LogP contribution in [-0.4, -0.2) is 27.7 Å². The molecule has 1 rings (SSSR count). The predicted octanol–water partition coefficient (Wildman–Crippen LogP) is 11.2. The van der Waals surface area contributed by atoms with Gasteiger partial charge in [-0.3, -0.25) is 0 Å². The topological polar surface area (TPSA) is 57.5 Å². The molecule has 1 aromatic rings. The molecule has 1 aromatic carbocycles. The minimum Gasteiger partial charge on any atom is -0.507 e. The maximum absolute atomic E-state index is 12.2. The Morgan fingerprint density at radius 3 is 1.51 bits per heavy atom. The molecule has 3 nitrogen and oxygen atoms in total. The number of aromatic carboxylic acids is 1. The second-order valence-corrected chi connectivity index (χ2v) is 14.9. The lowest BCUT2D eigenvalue weighted by Gasteiger charge is -2.30. The normalized spacial score (nSPS) is 12.3. The Bertz CT molecular complexity index is 817. The van der Waals surface area contributed by atoms with Gasteiger partial charge in [0.1, 0.15) is 5.75 Å². The Labute approximate surface area is 246 Å². The first-order valence-corrected chi connectivity index (χ1v) is 17.3. The van der Waals surface area contributed by atoms with Gasteiger partial charge in [-0.2, -0.15) is 11.8 Å². The van der Waals surface area contributed by atoms with E-state index in [2.05, 4.69) is 27.7 Å². The molecule has 0 fully saturated rings. The smallest absolute Gasteiger partial charge is 0.335 e. The summed E-state index contributed by atoms with van der Waals surface area (Å²) >= 11 is 1.92. The van der Waals surface area contributed by atoms with Crippen molar-refractivity contribution in [2.75, 3.05) is 11.5 Å². The van der Waals surface area contributed by atoms with E-state index in [-0.39, 0.29) is 16.6 Å². The van der Waals surface area contributed by atoms with Crippen molar-refractivity contribution in [3.05, 3.63) is 28.3 Å². The number of thioether (sulfide) groups is 1. The van der Waals surface area contributed by atoms with E-state index in [0.717, 1.165) is 28.2 Å². The van der Waals surface area contributed by atoms with Crippen LogP contribution in [0, 0.1) is 0 Å². The summed E-state index contributed by atoms with van der Waals surface area (Å²) in [5, 5.41) is 21.2. The highest BCUT2D eigenvalue weighted by Gasteiger charge is 2.31. The van der Waals surface area contributed by atoms with Crippen LogP contribution < -0.4 is 0 Å². The monoisotopic (exact) mass is 562 g/mol. The lowest BCUT2D eigenvalue weighted by atomic mass is 9.75. The molecule has 0 saturated carbocycles. The van der Waals surface area contributed by atoms with Crippen LogP contribution in [0.1, 0.15) is 178 Å². The van der Waals surface area contributed by atoms with Crippen molar-refractivity contribution in [1.82, 2.24) is 0 Å². The zero-order chi connectivity index (χ0) is 29.3. The maximum atomic E-state index is 12.2. The molecule has 4 heteroatoms. The summed E-state index contributed by atoms with van der Waals surface area (Å²) in [6.45, 7) is 14.5. The van der Waals surface area contributed by atoms with Crippen molar-refractivity contribution in [2.45, 2.75) is 168 Å². The van der Waals surface area contributed by atoms with Crippen LogP contribution in [-0.2, 0) is 17.3 Å². The van der Waals surface area contributed by atoms with Crippen LogP contribution in [0.2, 0.25) is 0 Å². The first-order valence-electron chi connectivity index (χ1n) is 16.1. The van der Waals surface area contributed by atoms with E-state index in [1.807, 2.05) is 32.5 Å². The van der Waals surface area contributed by atoms with Gasteiger partial charge in [0, 0.05) is 11.1 Å². The highest BCUT2D eigenvalue weighted by molar-refractivity contribution is 7.99. The van der Waals surface area contributed by atoms with Gasteiger partial charge in [-0.05, 0) is 46.8 Å². The SMILES string of the molecule is CCCCCCCCCCCCCCCCCCSCCc1c(C(=O)O)cc(C(C)(C)C)c(O)c1C(C)(C)C. The minimum atomic E-state index is -0.899. The summed E-state index contributed by atoms with van der Waals surface area (Å²) in [5.74, 6) is 1.38. The fraction of sp³-hybridized carbons (Fsp3) is 0.800. The second kappa shape index (κ2) is 19.1. The minimum absolute atomic E-state index is 0.276. The highest BCUT2D eigenvalue weighted by Crippen LogP contribution is 2.43. The number of benzene rings is 1. The van der Waals surface area contributed by atoms with Gasteiger partial charge in [-0.15, -0.1) is 0 Å². The first-order chi connectivity index (χ1) is 18.4. The van der Waals surface area contributed by atoms with E-state index in [0.29, 0.717) is 12.0 Å². The van der Waals surface area contributed by atoms with Crippen LogP contribution >= 0.6 is 11.8 Å². The molecule has 0 aromatic heterocycles. The second-order valence-electron chi connectivity index (χ2n) is 13.6. The lowest BCUT2D eigenvalue weighted by Crippen LogP contribution is -2.22. The molecule has 2 N–H and O–H groups in total. The molecule has 0 amide bonds. The number of phenols is 1. The molecule has 0 heterocycles. The van der Waals surface area contributed by atoms with Gasteiger partial charge in [-0.1, -0.05) is 145 Å². The maximum Gasteiger partial charge on any atom is 0.335 e. The highest BCUT2D eigenvalue weighted by atomic mass is 32.2. The summed E-state index contributed by atoms with van der Waals surface area (Å²) in [6.07, 6.45) is 22.8. The van der Waals surface area contributed by atoms with Crippen molar-refractivity contribution in [3.63, 3.8) is 0 Å². The van der Waals surface area contributed by atoms with Crippen molar-refractivity contribution >= 4 is 17.7 Å². The number of carboxylic acid groups (broad SMARTS) is 1. The number of unbranched alkanes of at least 4 members (excludes halogenated alkanes) is 15. The average molecular weight is 563 g/mol. The number of carboxylic acids is 1. The molecule has 0 radical (unpaired) electrons. The van der Waals surface area contributed by atoms with Crippen molar-refractivity contribution in [3.8, 4) is 5.75 Å². The summed E-state index contributed by atoms with van der Waals surface area (Å²) < 4.78 is 0. The third-order valence-corrected chi connectivity index (χ3v) is 8.90. The fourth-order valence-electron chi connectivity index (χ4n) is 5.57. The molecule has 0 atom stereocenters. The van der Waals surface area contributed by atoms with Crippen molar-refractivity contribution < 1.29 is 15.0 Å². The van der Waals surface area contributed by atoms with Crippen molar-refractivity contribution in [2.24, 2.45) is 0 Å². The Kier molecular flexibility index (Phi) is 17.5. The Morgan fingerprint density at radius 1 is 0.692 bits per heavy atom. The molecule has 0 aliphatic heterocycles. The first kappa shape index (κ1) is 35.9. The lowest BCUT2D eigenvalue weighted by molar-refractivity contribution is 0.0695. The van der Waals surface area contributed by atoms with Crippen LogP contribution in [0.4, 0.5) is 0 Å². The molecule has 0 unspecified atom stereocenters. The number of hydrogen-bond acceptors (Lipinski definition) is 3. The van der Waals surface area contributed by atoms with Gasteiger partial charge in [0.15, 0.2) is 0 Å². The largest absolute Gasteiger partial charge is 0.507 e. The molecule has 0 aliphatic rings. The van der Waals surface area contributed by atoms with E-state index in [1.165, 1.54) is 103 Å². The quantitative estimate of drug-likeness (QED) is 0.146. The van der Waals surface area contributed by atoms with E-state index >= 15 is 0 Å². The predicted molar refractivity (Wildman–Crippen MR) is 173 cm³/mol. The summed E-state index contributed by atoms with van der Waals surface area (Å²) in [6, 6.07) is 1.71. The number of hydrogen-bond donors (Lipinski definition) is 2. The van der Waals surface area contributed by atoms with Crippen LogP contribution in [0.15, 0.2) is 6.07 Å². The van der Waals surface area contributed by atoms with Gasteiger partial charge in [0.25, 0.3) is 0 Å². The number of aromatic hydroxyl groups is 1. The Hall–Kier alpha value is -1.16. The Balaban J connectivity index is 2.29. The molecule has 39 heavy (non-hydrogen) atoms. The van der Waals surface area contributed by atoms with Gasteiger partial charge in [0.2, 0.25) is 0 Å². The van der Waals surface area contributed by atoms with E-state index in [9.17, 15) is 15.0 Å². The van der Waals surface area contributed by atoms with Crippen LogP contribution in [0.5, 0.6) is 5.75 Å². The zero-order valence-electron chi connectivity index (χ0n) is 26.7. The molecule has 0 bridgehead atoms. The number of carbonyl (C=O) groups is 1. The van der Waals surface area contributed by atoms with Crippen LogP contribution in [0.25, 0.3) is 0 Å². The van der Waals surface area contributed by atoms with Gasteiger partial charge < -0.3 is 10.2 Å². The molecule has 0 saturated heterocycles. The molecule has 0 aliphatic carbocycles. The summed E-state index contributed by atoms with van der Waals surface area (Å²) in [5.41, 5.74) is 2.02. The number of rotatable bonds is 21. The number of phenolic OH excluding ortho intramolecular Hbond substituents is 1. The standard InChI is InChI=1S/C35H62O3S/c1-8-9-10-11-12-13-14-15-16-17-18-19-20-21-22-23-25-39-26-24-28-29(33(37)38)27-30(34(2,3)4)32(36)31(28)35(5,6)7/h27,36H,8-26H2,1-7H3,(H,37,38). The molecular formula is C35H62O3S. The summed E-state index contributed by atoms with van der Waals surface area (Å²) in [4.78, 5) is 12.2. The molecule has 0 spiro atoms. The average Bonchev–Trinajstić information content (AvgIpc) is 2.83. The van der Waals surface area contributed by atoms with Crippen LogP contribution in [0.3, 0.4) is 0 Å². The van der Waals surface area contributed by atoms with Gasteiger partial charge in [-0.25, -0.2) is 4.79 Å². The Morgan fingerprint density at radius 2 is 1.13 bits per heavy atom. The third-order valence-electron chi connectivity index (χ3n) is 7.83. The van der Waals surface area contributed by atoms with E-state index < -0.39 is 5.97 Å². The third kappa shape index (κ3) is 14.3. The zero-order valence-corrected chi connectivity index (χ0v) is 27.5. The van der Waals surface area contributed by atoms with E-state index in [1.54, 1.807) is 6.07 Å². The van der Waals surface area contributed by atoms with Crippen molar-refractivity contribution in [1.29, 1.82) is 0 Å².